The van der Waals surface area contributed by atoms with E-state index in [0.717, 1.165) is 11.1 Å². The third-order valence-corrected chi connectivity index (χ3v) is 5.30. The molecule has 1 heterocycles. The number of Topliss-reactive ketones (excluding diaryl/α,β-unsaturated/α-hetero) is 1. The third kappa shape index (κ3) is 6.25. The van der Waals surface area contributed by atoms with Gasteiger partial charge in [-0.05, 0) is 11.1 Å². The van der Waals surface area contributed by atoms with Gasteiger partial charge in [-0.2, -0.15) is 0 Å². The van der Waals surface area contributed by atoms with E-state index in [1.54, 1.807) is 21.9 Å². The van der Waals surface area contributed by atoms with Gasteiger partial charge in [0, 0.05) is 45.1 Å². The molecule has 3 rings (SSSR count). The monoisotopic (exact) mass is 422 g/mol. The molecule has 7 nitrogen and oxygen atoms in total. The summed E-state index contributed by atoms with van der Waals surface area (Å²) in [7, 11) is 0. The standard InChI is InChI=1S/C24H26N2O5/c1-18(27)25-13-15-26(16-14-25)23(29)11-12-24(30)31-17-22(28)21-9-7-20(8-10-21)19-5-3-2-4-6-19/h2-10H,11-17H2,1H3. The first-order valence-corrected chi connectivity index (χ1v) is 10.3. The maximum absolute atomic E-state index is 12.3. The van der Waals surface area contributed by atoms with Crippen LogP contribution in [0.5, 0.6) is 0 Å². The van der Waals surface area contributed by atoms with E-state index < -0.39 is 5.97 Å². The summed E-state index contributed by atoms with van der Waals surface area (Å²) in [6.07, 6.45) is -0.0507. The van der Waals surface area contributed by atoms with Crippen LogP contribution in [0.1, 0.15) is 30.1 Å². The molecule has 0 saturated carbocycles. The summed E-state index contributed by atoms with van der Waals surface area (Å²) in [5.74, 6) is -1.03. The molecule has 0 atom stereocenters. The lowest BCUT2D eigenvalue weighted by molar-refractivity contribution is -0.145. The molecule has 1 fully saturated rings. The van der Waals surface area contributed by atoms with Crippen molar-refractivity contribution < 1.29 is 23.9 Å². The minimum absolute atomic E-state index is 0.00458. The van der Waals surface area contributed by atoms with Gasteiger partial charge in [0.2, 0.25) is 11.8 Å². The van der Waals surface area contributed by atoms with Crippen molar-refractivity contribution in [2.24, 2.45) is 0 Å². The lowest BCUT2D eigenvalue weighted by Gasteiger charge is -2.34. The van der Waals surface area contributed by atoms with Crippen molar-refractivity contribution in [1.29, 1.82) is 0 Å². The molecule has 1 saturated heterocycles. The zero-order valence-electron chi connectivity index (χ0n) is 17.6. The molecule has 0 spiro atoms. The Hall–Kier alpha value is -3.48. The fourth-order valence-corrected chi connectivity index (χ4v) is 3.42. The van der Waals surface area contributed by atoms with Crippen LogP contribution in [0.4, 0.5) is 0 Å². The molecule has 7 heteroatoms. The second-order valence-corrected chi connectivity index (χ2v) is 7.41. The summed E-state index contributed by atoms with van der Waals surface area (Å²) in [5.41, 5.74) is 2.52. The summed E-state index contributed by atoms with van der Waals surface area (Å²) >= 11 is 0. The van der Waals surface area contributed by atoms with Gasteiger partial charge in [-0.15, -0.1) is 0 Å². The van der Waals surface area contributed by atoms with E-state index in [1.165, 1.54) is 6.92 Å². The fraction of sp³-hybridized carbons (Fsp3) is 0.333. The molecule has 0 radical (unpaired) electrons. The van der Waals surface area contributed by atoms with Gasteiger partial charge in [-0.25, -0.2) is 0 Å². The predicted octanol–water partition coefficient (Wildman–Crippen LogP) is 2.55. The topological polar surface area (TPSA) is 84.0 Å². The first kappa shape index (κ1) is 22.2. The zero-order chi connectivity index (χ0) is 22.2. The summed E-state index contributed by atoms with van der Waals surface area (Å²) in [6, 6.07) is 17.0. The number of esters is 1. The SMILES string of the molecule is CC(=O)N1CCN(C(=O)CCC(=O)OCC(=O)c2ccc(-c3ccccc3)cc2)CC1. The number of benzene rings is 2. The molecule has 0 aliphatic carbocycles. The quantitative estimate of drug-likeness (QED) is 0.506. The minimum atomic E-state index is -0.579. The number of rotatable bonds is 7. The van der Waals surface area contributed by atoms with Gasteiger partial charge in [0.15, 0.2) is 12.4 Å². The van der Waals surface area contributed by atoms with Crippen LogP contribution in [0, 0.1) is 0 Å². The third-order valence-electron chi connectivity index (χ3n) is 5.30. The van der Waals surface area contributed by atoms with Crippen LogP contribution in [0.15, 0.2) is 54.6 Å². The second-order valence-electron chi connectivity index (χ2n) is 7.41. The van der Waals surface area contributed by atoms with Gasteiger partial charge in [0.05, 0.1) is 6.42 Å². The number of hydrogen-bond donors (Lipinski definition) is 0. The number of carbonyl (C=O) groups is 4. The van der Waals surface area contributed by atoms with Gasteiger partial charge >= 0.3 is 5.97 Å². The van der Waals surface area contributed by atoms with Crippen molar-refractivity contribution in [3.05, 3.63) is 60.2 Å². The van der Waals surface area contributed by atoms with Crippen LogP contribution in [0.3, 0.4) is 0 Å². The van der Waals surface area contributed by atoms with Crippen molar-refractivity contribution in [2.45, 2.75) is 19.8 Å². The van der Waals surface area contributed by atoms with Crippen LogP contribution in [-0.4, -0.2) is 66.2 Å². The number of piperazine rings is 1. The van der Waals surface area contributed by atoms with E-state index in [-0.39, 0.29) is 37.0 Å². The van der Waals surface area contributed by atoms with E-state index in [2.05, 4.69) is 0 Å². The highest BCUT2D eigenvalue weighted by Crippen LogP contribution is 2.19. The molecule has 0 aromatic heterocycles. The zero-order valence-corrected chi connectivity index (χ0v) is 17.6. The number of amides is 2. The number of ketones is 1. The maximum atomic E-state index is 12.3. The minimum Gasteiger partial charge on any atom is -0.457 e. The lowest BCUT2D eigenvalue weighted by atomic mass is 10.0. The largest absolute Gasteiger partial charge is 0.457 e. The Labute approximate surface area is 181 Å². The van der Waals surface area contributed by atoms with E-state index in [0.29, 0.717) is 31.7 Å². The Bertz CT molecular complexity index is 932. The van der Waals surface area contributed by atoms with Gasteiger partial charge in [0.1, 0.15) is 0 Å². The van der Waals surface area contributed by atoms with E-state index in [1.807, 2.05) is 42.5 Å². The Balaban J connectivity index is 1.40. The predicted molar refractivity (Wildman–Crippen MR) is 115 cm³/mol. The van der Waals surface area contributed by atoms with Crippen molar-refractivity contribution in [2.75, 3.05) is 32.8 Å². The fourth-order valence-electron chi connectivity index (χ4n) is 3.42. The molecular weight excluding hydrogens is 396 g/mol. The average Bonchev–Trinajstić information content (AvgIpc) is 2.81. The molecule has 2 amide bonds. The number of carbonyl (C=O) groups excluding carboxylic acids is 4. The van der Waals surface area contributed by atoms with Gasteiger partial charge in [-0.1, -0.05) is 54.6 Å². The van der Waals surface area contributed by atoms with E-state index in [4.69, 9.17) is 4.74 Å². The number of ether oxygens (including phenoxy) is 1. The highest BCUT2D eigenvalue weighted by atomic mass is 16.5. The Morgan fingerprint density at radius 2 is 1.35 bits per heavy atom. The van der Waals surface area contributed by atoms with Crippen LogP contribution < -0.4 is 0 Å². The van der Waals surface area contributed by atoms with Gasteiger partial charge in [0.25, 0.3) is 0 Å². The van der Waals surface area contributed by atoms with Crippen LogP contribution >= 0.6 is 0 Å². The smallest absolute Gasteiger partial charge is 0.306 e. The van der Waals surface area contributed by atoms with Crippen LogP contribution in [0.2, 0.25) is 0 Å². The van der Waals surface area contributed by atoms with Crippen molar-refractivity contribution in [1.82, 2.24) is 9.80 Å². The van der Waals surface area contributed by atoms with Crippen LogP contribution in [0.25, 0.3) is 11.1 Å². The average molecular weight is 422 g/mol. The molecule has 162 valence electrons. The van der Waals surface area contributed by atoms with Gasteiger partial charge in [-0.3, -0.25) is 19.2 Å². The Morgan fingerprint density at radius 3 is 1.97 bits per heavy atom. The molecule has 31 heavy (non-hydrogen) atoms. The normalized spacial score (nSPS) is 13.6. The summed E-state index contributed by atoms with van der Waals surface area (Å²) < 4.78 is 5.05. The van der Waals surface area contributed by atoms with Crippen LogP contribution in [-0.2, 0) is 19.1 Å². The first-order chi connectivity index (χ1) is 14.9. The maximum Gasteiger partial charge on any atom is 0.306 e. The molecule has 1 aliphatic rings. The molecule has 0 bridgehead atoms. The highest BCUT2D eigenvalue weighted by Gasteiger charge is 2.23. The van der Waals surface area contributed by atoms with E-state index in [9.17, 15) is 19.2 Å². The molecular formula is C24H26N2O5. The molecule has 1 aliphatic heterocycles. The van der Waals surface area contributed by atoms with Gasteiger partial charge < -0.3 is 14.5 Å². The van der Waals surface area contributed by atoms with Crippen molar-refractivity contribution in [3.8, 4) is 11.1 Å². The summed E-state index contributed by atoms with van der Waals surface area (Å²) in [5, 5.41) is 0. The Morgan fingerprint density at radius 1 is 0.774 bits per heavy atom. The van der Waals surface area contributed by atoms with Crippen molar-refractivity contribution >= 4 is 23.6 Å². The van der Waals surface area contributed by atoms with Crippen molar-refractivity contribution in [3.63, 3.8) is 0 Å². The molecule has 2 aromatic rings. The van der Waals surface area contributed by atoms with E-state index >= 15 is 0 Å². The summed E-state index contributed by atoms with van der Waals surface area (Å²) in [6.45, 7) is 3.09. The second kappa shape index (κ2) is 10.5. The lowest BCUT2D eigenvalue weighted by Crippen LogP contribution is -2.50. The molecule has 0 unspecified atom stereocenters. The molecule has 0 N–H and O–H groups in total. The first-order valence-electron chi connectivity index (χ1n) is 10.3. The summed E-state index contributed by atoms with van der Waals surface area (Å²) in [4.78, 5) is 51.1. The molecule has 2 aromatic carbocycles. The number of nitrogens with zero attached hydrogens (tertiary/aromatic N) is 2. The Kier molecular flexibility index (Phi) is 7.54. The highest BCUT2D eigenvalue weighted by molar-refractivity contribution is 5.98. The number of hydrogen-bond acceptors (Lipinski definition) is 5.